The van der Waals surface area contributed by atoms with Gasteiger partial charge in [0.25, 0.3) is 5.91 Å². The predicted molar refractivity (Wildman–Crippen MR) is 84.2 cm³/mol. The molecule has 104 valence electrons. The molecule has 1 amide bonds. The van der Waals surface area contributed by atoms with Gasteiger partial charge in [-0.05, 0) is 45.8 Å². The number of pyridine rings is 1. The van der Waals surface area contributed by atoms with Crippen LogP contribution in [0.2, 0.25) is 10.0 Å². The molecular weight excluding hydrogens is 363 g/mol. The monoisotopic (exact) mass is 372 g/mol. The first-order chi connectivity index (χ1) is 9.47. The molecule has 0 saturated carbocycles. The normalized spacial score (nSPS) is 10.4. The second kappa shape index (κ2) is 6.57. The number of rotatable bonds is 3. The van der Waals surface area contributed by atoms with Crippen molar-refractivity contribution in [1.29, 1.82) is 0 Å². The van der Waals surface area contributed by atoms with Crippen molar-refractivity contribution in [2.75, 3.05) is 7.05 Å². The molecule has 0 aliphatic rings. The van der Waals surface area contributed by atoms with Crippen LogP contribution in [0.25, 0.3) is 0 Å². The molecular formula is C14H11BrCl2N2O. The lowest BCUT2D eigenvalue weighted by molar-refractivity contribution is 0.0779. The van der Waals surface area contributed by atoms with Gasteiger partial charge in [0, 0.05) is 34.3 Å². The fourth-order valence-electron chi connectivity index (χ4n) is 1.68. The summed E-state index contributed by atoms with van der Waals surface area (Å²) in [5.41, 5.74) is 1.23. The van der Waals surface area contributed by atoms with E-state index in [-0.39, 0.29) is 5.91 Å². The summed E-state index contributed by atoms with van der Waals surface area (Å²) < 4.78 is 0.831. The van der Waals surface area contributed by atoms with E-state index in [9.17, 15) is 4.79 Å². The zero-order valence-corrected chi connectivity index (χ0v) is 13.7. The summed E-state index contributed by atoms with van der Waals surface area (Å²) in [6, 6.07) is 8.67. The highest BCUT2D eigenvalue weighted by Gasteiger charge is 2.14. The minimum atomic E-state index is -0.163. The van der Waals surface area contributed by atoms with Crippen LogP contribution in [0.3, 0.4) is 0 Å². The van der Waals surface area contributed by atoms with E-state index in [0.29, 0.717) is 22.3 Å². The molecule has 0 radical (unpaired) electrons. The van der Waals surface area contributed by atoms with Gasteiger partial charge in [0.2, 0.25) is 0 Å². The van der Waals surface area contributed by atoms with E-state index in [0.717, 1.165) is 10.0 Å². The topological polar surface area (TPSA) is 33.2 Å². The van der Waals surface area contributed by atoms with Crippen LogP contribution in [0, 0.1) is 0 Å². The number of halogens is 3. The molecule has 0 spiro atoms. The fourth-order valence-corrected chi connectivity index (χ4v) is 2.38. The smallest absolute Gasteiger partial charge is 0.272 e. The van der Waals surface area contributed by atoms with Crippen LogP contribution in [0.4, 0.5) is 0 Å². The molecule has 0 aliphatic carbocycles. The molecule has 2 aromatic rings. The number of carbonyl (C=O) groups is 1. The Morgan fingerprint density at radius 2 is 2.05 bits per heavy atom. The average Bonchev–Trinajstić information content (AvgIpc) is 2.42. The van der Waals surface area contributed by atoms with Crippen molar-refractivity contribution in [2.45, 2.75) is 6.54 Å². The summed E-state index contributed by atoms with van der Waals surface area (Å²) in [4.78, 5) is 17.9. The third-order valence-electron chi connectivity index (χ3n) is 2.72. The van der Waals surface area contributed by atoms with Crippen molar-refractivity contribution >= 4 is 45.0 Å². The standard InChI is InChI=1S/C14H11BrCl2N2O/c1-19(8-9-2-4-11(16)6-12(9)17)14(20)13-5-3-10(15)7-18-13/h2-7H,8H2,1H3. The first-order valence-electron chi connectivity index (χ1n) is 5.78. The van der Waals surface area contributed by atoms with Gasteiger partial charge in [-0.3, -0.25) is 4.79 Å². The molecule has 0 unspecified atom stereocenters. The number of carbonyl (C=O) groups excluding carboxylic acids is 1. The molecule has 20 heavy (non-hydrogen) atoms. The Bertz CT molecular complexity index is 632. The van der Waals surface area contributed by atoms with Crippen LogP contribution in [0.1, 0.15) is 16.1 Å². The average molecular weight is 374 g/mol. The largest absolute Gasteiger partial charge is 0.336 e. The van der Waals surface area contributed by atoms with Crippen LogP contribution in [0.15, 0.2) is 41.0 Å². The van der Waals surface area contributed by atoms with Crippen LogP contribution in [0.5, 0.6) is 0 Å². The van der Waals surface area contributed by atoms with Crippen molar-refractivity contribution in [3.05, 3.63) is 62.3 Å². The Hall–Kier alpha value is -1.10. The summed E-state index contributed by atoms with van der Waals surface area (Å²) in [7, 11) is 1.71. The van der Waals surface area contributed by atoms with Gasteiger partial charge < -0.3 is 4.90 Å². The maximum Gasteiger partial charge on any atom is 0.272 e. The third-order valence-corrected chi connectivity index (χ3v) is 3.77. The second-order valence-corrected chi connectivity index (χ2v) is 6.02. The number of hydrogen-bond acceptors (Lipinski definition) is 2. The Labute approximate surface area is 135 Å². The minimum absolute atomic E-state index is 0.163. The van der Waals surface area contributed by atoms with Crippen molar-refractivity contribution in [3.8, 4) is 0 Å². The summed E-state index contributed by atoms with van der Waals surface area (Å²) in [5, 5.41) is 1.11. The van der Waals surface area contributed by atoms with E-state index in [4.69, 9.17) is 23.2 Å². The molecule has 3 nitrogen and oxygen atoms in total. The molecule has 6 heteroatoms. The lowest BCUT2D eigenvalue weighted by atomic mass is 10.2. The Morgan fingerprint density at radius 1 is 1.30 bits per heavy atom. The SMILES string of the molecule is CN(Cc1ccc(Cl)cc1Cl)C(=O)c1ccc(Br)cn1. The Morgan fingerprint density at radius 3 is 2.65 bits per heavy atom. The number of hydrogen-bond donors (Lipinski definition) is 0. The lowest BCUT2D eigenvalue weighted by Gasteiger charge is -2.17. The summed E-state index contributed by atoms with van der Waals surface area (Å²) in [6.45, 7) is 0.395. The quantitative estimate of drug-likeness (QED) is 0.797. The molecule has 1 aromatic carbocycles. The van der Waals surface area contributed by atoms with Gasteiger partial charge in [-0.1, -0.05) is 29.3 Å². The molecule has 1 aromatic heterocycles. The van der Waals surface area contributed by atoms with Gasteiger partial charge in [-0.15, -0.1) is 0 Å². The van der Waals surface area contributed by atoms with E-state index in [2.05, 4.69) is 20.9 Å². The highest BCUT2D eigenvalue weighted by Crippen LogP contribution is 2.22. The van der Waals surface area contributed by atoms with Gasteiger partial charge in [0.05, 0.1) is 0 Å². The first-order valence-corrected chi connectivity index (χ1v) is 7.33. The highest BCUT2D eigenvalue weighted by molar-refractivity contribution is 9.10. The summed E-state index contributed by atoms with van der Waals surface area (Å²) in [6.07, 6.45) is 1.59. The summed E-state index contributed by atoms with van der Waals surface area (Å²) in [5.74, 6) is -0.163. The van der Waals surface area contributed by atoms with Gasteiger partial charge in [0.15, 0.2) is 0 Å². The van der Waals surface area contributed by atoms with Crippen LogP contribution in [-0.4, -0.2) is 22.8 Å². The van der Waals surface area contributed by atoms with Crippen molar-refractivity contribution in [1.82, 2.24) is 9.88 Å². The van der Waals surface area contributed by atoms with Crippen LogP contribution < -0.4 is 0 Å². The number of nitrogens with zero attached hydrogens (tertiary/aromatic N) is 2. The third kappa shape index (κ3) is 3.72. The van der Waals surface area contributed by atoms with E-state index in [1.807, 2.05) is 6.07 Å². The molecule has 0 bridgehead atoms. The lowest BCUT2D eigenvalue weighted by Crippen LogP contribution is -2.27. The molecule has 0 atom stereocenters. The van der Waals surface area contributed by atoms with Crippen LogP contribution >= 0.6 is 39.1 Å². The molecule has 0 aliphatic heterocycles. The molecule has 0 fully saturated rings. The second-order valence-electron chi connectivity index (χ2n) is 4.26. The first kappa shape index (κ1) is 15.3. The maximum atomic E-state index is 12.2. The van der Waals surface area contributed by atoms with Crippen molar-refractivity contribution in [2.24, 2.45) is 0 Å². The predicted octanol–water partition coefficient (Wildman–Crippen LogP) is 4.42. The summed E-state index contributed by atoms with van der Waals surface area (Å²) >= 11 is 15.2. The zero-order valence-electron chi connectivity index (χ0n) is 10.6. The fraction of sp³-hybridized carbons (Fsp3) is 0.143. The number of benzene rings is 1. The Balaban J connectivity index is 2.13. The highest BCUT2D eigenvalue weighted by atomic mass is 79.9. The molecule has 0 saturated heterocycles. The number of aromatic nitrogens is 1. The minimum Gasteiger partial charge on any atom is -0.336 e. The van der Waals surface area contributed by atoms with Crippen LogP contribution in [-0.2, 0) is 6.54 Å². The van der Waals surface area contributed by atoms with E-state index in [1.54, 1.807) is 42.4 Å². The van der Waals surface area contributed by atoms with Gasteiger partial charge in [-0.2, -0.15) is 0 Å². The molecule has 0 N–H and O–H groups in total. The van der Waals surface area contributed by atoms with Crippen molar-refractivity contribution in [3.63, 3.8) is 0 Å². The number of amides is 1. The van der Waals surface area contributed by atoms with E-state index in [1.165, 1.54) is 0 Å². The maximum absolute atomic E-state index is 12.2. The Kier molecular flexibility index (Phi) is 5.02. The van der Waals surface area contributed by atoms with Gasteiger partial charge in [0.1, 0.15) is 5.69 Å². The van der Waals surface area contributed by atoms with E-state index < -0.39 is 0 Å². The molecule has 1 heterocycles. The molecule has 2 rings (SSSR count). The van der Waals surface area contributed by atoms with Gasteiger partial charge in [-0.25, -0.2) is 4.98 Å². The van der Waals surface area contributed by atoms with E-state index >= 15 is 0 Å². The van der Waals surface area contributed by atoms with Crippen molar-refractivity contribution < 1.29 is 4.79 Å². The zero-order chi connectivity index (χ0) is 14.7. The van der Waals surface area contributed by atoms with Gasteiger partial charge >= 0.3 is 0 Å².